The zero-order chi connectivity index (χ0) is 21.1. The van der Waals surface area contributed by atoms with Gasteiger partial charge >= 0.3 is 12.1 Å². The van der Waals surface area contributed by atoms with Gasteiger partial charge in [-0.25, -0.2) is 13.2 Å². The molecule has 1 heterocycles. The van der Waals surface area contributed by atoms with Crippen molar-refractivity contribution in [2.45, 2.75) is 18.0 Å². The van der Waals surface area contributed by atoms with Crippen LogP contribution in [-0.2, 0) is 25.7 Å². The third-order valence-corrected chi connectivity index (χ3v) is 6.60. The second-order valence-electron chi connectivity index (χ2n) is 6.22. The van der Waals surface area contributed by atoms with E-state index in [0.29, 0.717) is 31.3 Å². The van der Waals surface area contributed by atoms with Crippen molar-refractivity contribution >= 4 is 27.6 Å². The van der Waals surface area contributed by atoms with Crippen molar-refractivity contribution in [2.75, 3.05) is 39.8 Å². The highest BCUT2D eigenvalue weighted by molar-refractivity contribution is 7.89. The Morgan fingerprint density at radius 3 is 2.39 bits per heavy atom. The normalized spacial score (nSPS) is 17.6. The number of benzene rings is 1. The van der Waals surface area contributed by atoms with Gasteiger partial charge in [0.1, 0.15) is 0 Å². The molecule has 2 rings (SSSR count). The molecule has 11 heteroatoms. The number of esters is 1. The van der Waals surface area contributed by atoms with Crippen molar-refractivity contribution in [3.8, 4) is 0 Å². The number of carbonyl (C=O) groups is 1. The van der Waals surface area contributed by atoms with Crippen molar-refractivity contribution in [3.05, 3.63) is 40.4 Å². The highest BCUT2D eigenvalue weighted by Gasteiger charge is 2.36. The van der Waals surface area contributed by atoms with Gasteiger partial charge in [-0.15, -0.1) is 0 Å². The number of methoxy groups -OCH3 is 1. The first-order chi connectivity index (χ1) is 13.0. The first-order valence-corrected chi connectivity index (χ1v) is 10.1. The fraction of sp³-hybridized carbons (Fsp3) is 0.471. The highest BCUT2D eigenvalue weighted by Crippen LogP contribution is 2.36. The lowest BCUT2D eigenvalue weighted by atomic mass is 10.2. The number of hydrogen-bond acceptors (Lipinski definition) is 5. The molecule has 28 heavy (non-hydrogen) atoms. The maximum absolute atomic E-state index is 13.0. The van der Waals surface area contributed by atoms with Gasteiger partial charge < -0.3 is 4.74 Å². The predicted octanol–water partition coefficient (Wildman–Crippen LogP) is 2.78. The van der Waals surface area contributed by atoms with Crippen LogP contribution >= 0.6 is 11.6 Å². The van der Waals surface area contributed by atoms with Gasteiger partial charge in [-0.05, 0) is 25.1 Å². The lowest BCUT2D eigenvalue weighted by Crippen LogP contribution is -2.48. The maximum atomic E-state index is 13.0. The molecule has 156 valence electrons. The minimum Gasteiger partial charge on any atom is -0.466 e. The molecule has 0 atom stereocenters. The topological polar surface area (TPSA) is 66.9 Å². The third kappa shape index (κ3) is 5.25. The van der Waals surface area contributed by atoms with Crippen LogP contribution in [0.25, 0.3) is 0 Å². The summed E-state index contributed by atoms with van der Waals surface area (Å²) < 4.78 is 70.2. The summed E-state index contributed by atoms with van der Waals surface area (Å²) in [6, 6.07) is 2.57. The lowest BCUT2D eigenvalue weighted by Gasteiger charge is -2.33. The molecule has 0 radical (unpaired) electrons. The van der Waals surface area contributed by atoms with Crippen LogP contribution < -0.4 is 0 Å². The maximum Gasteiger partial charge on any atom is 0.417 e. The number of sulfonamides is 1. The smallest absolute Gasteiger partial charge is 0.417 e. The molecule has 0 aliphatic carbocycles. The van der Waals surface area contributed by atoms with Crippen LogP contribution in [0, 0.1) is 0 Å². The molecule has 0 spiro atoms. The van der Waals surface area contributed by atoms with Crippen molar-refractivity contribution in [1.29, 1.82) is 0 Å². The summed E-state index contributed by atoms with van der Waals surface area (Å²) in [5.74, 6) is -0.440. The monoisotopic (exact) mass is 440 g/mol. The first kappa shape index (κ1) is 22.7. The van der Waals surface area contributed by atoms with Gasteiger partial charge in [-0.2, -0.15) is 17.5 Å². The molecule has 1 fully saturated rings. The minimum atomic E-state index is -4.74. The Bertz CT molecular complexity index is 864. The quantitative estimate of drug-likeness (QED) is 0.520. The van der Waals surface area contributed by atoms with Gasteiger partial charge in [0.05, 0.1) is 22.6 Å². The van der Waals surface area contributed by atoms with Crippen molar-refractivity contribution in [2.24, 2.45) is 0 Å². The van der Waals surface area contributed by atoms with E-state index in [4.69, 9.17) is 11.6 Å². The Balaban J connectivity index is 2.09. The van der Waals surface area contributed by atoms with Crippen LogP contribution in [0.2, 0.25) is 5.02 Å². The summed E-state index contributed by atoms with van der Waals surface area (Å²) in [7, 11) is -2.79. The number of alkyl halides is 3. The Hall–Kier alpha value is -1.62. The number of rotatable bonds is 5. The number of piperazine rings is 1. The zero-order valence-electron chi connectivity index (χ0n) is 15.3. The van der Waals surface area contributed by atoms with E-state index in [0.717, 1.165) is 16.4 Å². The summed E-state index contributed by atoms with van der Waals surface area (Å²) in [5, 5.41) is -0.552. The Morgan fingerprint density at radius 2 is 1.86 bits per heavy atom. The molecular weight excluding hydrogens is 421 g/mol. The Labute approximate surface area is 166 Å². The van der Waals surface area contributed by atoms with E-state index in [1.54, 1.807) is 13.0 Å². The fourth-order valence-electron chi connectivity index (χ4n) is 2.69. The number of hydrogen-bond donors (Lipinski definition) is 0. The summed E-state index contributed by atoms with van der Waals surface area (Å²) in [4.78, 5) is 12.8. The molecule has 1 aromatic rings. The molecule has 6 nitrogen and oxygen atoms in total. The molecule has 0 unspecified atom stereocenters. The average molecular weight is 441 g/mol. The van der Waals surface area contributed by atoms with Gasteiger partial charge in [0, 0.05) is 38.3 Å². The van der Waals surface area contributed by atoms with Crippen LogP contribution in [0.3, 0.4) is 0 Å². The van der Waals surface area contributed by atoms with Crippen molar-refractivity contribution in [3.63, 3.8) is 0 Å². The van der Waals surface area contributed by atoms with E-state index >= 15 is 0 Å². The molecule has 0 bridgehead atoms. The molecule has 1 aliphatic heterocycles. The van der Waals surface area contributed by atoms with Gasteiger partial charge in [0.25, 0.3) is 0 Å². The summed E-state index contributed by atoms with van der Waals surface area (Å²) in [6.45, 7) is 3.06. The molecule has 0 aromatic heterocycles. The Morgan fingerprint density at radius 1 is 1.25 bits per heavy atom. The molecule has 1 aromatic carbocycles. The average Bonchev–Trinajstić information content (AvgIpc) is 2.65. The summed E-state index contributed by atoms with van der Waals surface area (Å²) >= 11 is 5.56. The number of carbonyl (C=O) groups excluding carboxylic acids is 1. The van der Waals surface area contributed by atoms with E-state index in [2.05, 4.69) is 4.74 Å². The number of halogens is 4. The van der Waals surface area contributed by atoms with Crippen LogP contribution in [-0.4, -0.2) is 63.4 Å². The van der Waals surface area contributed by atoms with Crippen molar-refractivity contribution < 1.29 is 31.1 Å². The molecule has 1 aliphatic rings. The Kier molecular flexibility index (Phi) is 7.13. The molecule has 0 saturated carbocycles. The van der Waals surface area contributed by atoms with Gasteiger partial charge in [0.2, 0.25) is 10.0 Å². The minimum absolute atomic E-state index is 0.122. The third-order valence-electron chi connectivity index (χ3n) is 4.38. The molecule has 0 amide bonds. The first-order valence-electron chi connectivity index (χ1n) is 8.31. The zero-order valence-corrected chi connectivity index (χ0v) is 16.9. The van der Waals surface area contributed by atoms with Crippen molar-refractivity contribution in [1.82, 2.24) is 9.21 Å². The summed E-state index contributed by atoms with van der Waals surface area (Å²) in [6.07, 6.45) is -3.06. The second-order valence-corrected chi connectivity index (χ2v) is 8.57. The van der Waals surface area contributed by atoms with E-state index < -0.39 is 37.7 Å². The predicted molar refractivity (Wildman–Crippen MR) is 97.4 cm³/mol. The van der Waals surface area contributed by atoms with E-state index in [9.17, 15) is 26.4 Å². The van der Waals surface area contributed by atoms with Crippen LogP contribution in [0.15, 0.2) is 34.7 Å². The highest BCUT2D eigenvalue weighted by atomic mass is 35.5. The number of nitrogens with zero attached hydrogens (tertiary/aromatic N) is 2. The molecule has 1 saturated heterocycles. The van der Waals surface area contributed by atoms with Crippen LogP contribution in [0.1, 0.15) is 12.5 Å². The van der Waals surface area contributed by atoms with E-state index in [1.807, 2.05) is 4.90 Å². The largest absolute Gasteiger partial charge is 0.466 e. The lowest BCUT2D eigenvalue weighted by molar-refractivity contribution is -0.138. The molecular formula is C17H20ClF3N2O4S. The fourth-order valence-corrected chi connectivity index (χ4v) is 4.37. The second kappa shape index (κ2) is 8.81. The van der Waals surface area contributed by atoms with Gasteiger partial charge in [-0.3, -0.25) is 4.90 Å². The standard InChI is InChI=1S/C17H20ClF3N2O4S/c1-12(16(24)27-2)5-6-22-7-9-23(10-8-22)28(25,26)13-3-4-15(18)14(11-13)17(19,20)21/h3-5,11H,6-10H2,1-2H3/b12-5+. The SMILES string of the molecule is COC(=O)/C(C)=C/CN1CCN(S(=O)(=O)c2ccc(Cl)c(C(F)(F)F)c2)CC1. The van der Waals surface area contributed by atoms with Crippen LogP contribution in [0.5, 0.6) is 0 Å². The van der Waals surface area contributed by atoms with E-state index in [1.165, 1.54) is 7.11 Å². The summed E-state index contributed by atoms with van der Waals surface area (Å²) in [5.41, 5.74) is -0.740. The van der Waals surface area contributed by atoms with Crippen LogP contribution in [0.4, 0.5) is 13.2 Å². The van der Waals surface area contributed by atoms with Gasteiger partial charge in [-0.1, -0.05) is 17.7 Å². The van der Waals surface area contributed by atoms with Gasteiger partial charge in [0.15, 0.2) is 0 Å². The number of ether oxygens (including phenoxy) is 1. The van der Waals surface area contributed by atoms with E-state index in [-0.39, 0.29) is 13.1 Å². The molecule has 0 N–H and O–H groups in total.